The average Bonchev–Trinajstić information content (AvgIpc) is 3.07. The Kier molecular flexibility index (Phi) is 2.48. The second-order valence-corrected chi connectivity index (χ2v) is 4.74. The summed E-state index contributed by atoms with van der Waals surface area (Å²) in [5, 5.41) is 6.73. The molecule has 0 radical (unpaired) electrons. The average molecular weight is 232 g/mol. The maximum Gasteiger partial charge on any atom is 0.0908 e. The number of piperidine rings is 1. The zero-order valence-corrected chi connectivity index (χ0v) is 9.91. The van der Waals surface area contributed by atoms with E-state index in [1.165, 1.54) is 0 Å². The summed E-state index contributed by atoms with van der Waals surface area (Å²) in [5.74, 6) is 0. The third-order valence-electron chi connectivity index (χ3n) is 3.59. The lowest BCUT2D eigenvalue weighted by atomic mass is 10.1. The minimum atomic E-state index is 0.232. The molecule has 90 valence electrons. The van der Waals surface area contributed by atoms with E-state index in [2.05, 4.69) is 17.2 Å². The van der Waals surface area contributed by atoms with Gasteiger partial charge in [-0.25, -0.2) is 5.01 Å². The molecule has 0 spiro atoms. The van der Waals surface area contributed by atoms with Crippen LogP contribution in [0.2, 0.25) is 0 Å². The molecule has 0 saturated carbocycles. The largest absolute Gasteiger partial charge is 0.306 e. The maximum atomic E-state index is 11.1. The molecule has 17 heavy (non-hydrogen) atoms. The van der Waals surface area contributed by atoms with Crippen LogP contribution < -0.4 is 5.01 Å². The summed E-state index contributed by atoms with van der Waals surface area (Å²) in [4.78, 5) is 13.3. The Balaban J connectivity index is 1.72. The van der Waals surface area contributed by atoms with Gasteiger partial charge in [-0.2, -0.15) is 5.12 Å². The van der Waals surface area contributed by atoms with Gasteiger partial charge in [-0.1, -0.05) is 12.1 Å². The van der Waals surface area contributed by atoms with E-state index in [-0.39, 0.29) is 6.04 Å². The topological polar surface area (TPSA) is 38.9 Å². The molecule has 0 aliphatic carbocycles. The van der Waals surface area contributed by atoms with Crippen molar-refractivity contribution in [3.8, 4) is 0 Å². The number of para-hydroxylation sites is 2. The Bertz CT molecular complexity index is 405. The molecule has 2 heterocycles. The normalized spacial score (nSPS) is 19.9. The van der Waals surface area contributed by atoms with Crippen LogP contribution in [0.25, 0.3) is 0 Å². The van der Waals surface area contributed by atoms with Crippen LogP contribution in [0, 0.1) is 4.91 Å². The second-order valence-electron chi connectivity index (χ2n) is 4.74. The number of hydrazine groups is 1. The van der Waals surface area contributed by atoms with Gasteiger partial charge < -0.3 is 4.90 Å². The first-order valence-electron chi connectivity index (χ1n) is 6.01. The zero-order valence-electron chi connectivity index (χ0n) is 9.91. The molecule has 5 heteroatoms. The Morgan fingerprint density at radius 1 is 1.24 bits per heavy atom. The number of hydrogen-bond donors (Lipinski definition) is 0. The molecule has 0 aromatic heterocycles. The van der Waals surface area contributed by atoms with E-state index in [9.17, 15) is 4.91 Å². The van der Waals surface area contributed by atoms with Crippen molar-refractivity contribution in [1.29, 1.82) is 0 Å². The first-order valence-corrected chi connectivity index (χ1v) is 6.01. The van der Waals surface area contributed by atoms with Crippen molar-refractivity contribution in [3.63, 3.8) is 0 Å². The molecular formula is C12H16N4O. The monoisotopic (exact) mass is 232 g/mol. The number of benzene rings is 1. The fourth-order valence-electron chi connectivity index (χ4n) is 2.50. The summed E-state index contributed by atoms with van der Waals surface area (Å²) in [6.45, 7) is 2.06. The van der Waals surface area contributed by atoms with Crippen molar-refractivity contribution in [2.24, 2.45) is 5.29 Å². The lowest BCUT2D eigenvalue weighted by molar-refractivity contribution is 0.130. The Morgan fingerprint density at radius 2 is 1.82 bits per heavy atom. The van der Waals surface area contributed by atoms with Crippen LogP contribution in [0.5, 0.6) is 0 Å². The predicted molar refractivity (Wildman–Crippen MR) is 66.7 cm³/mol. The Hall–Kier alpha value is -1.62. The van der Waals surface area contributed by atoms with Crippen LogP contribution in [0.1, 0.15) is 12.8 Å². The molecule has 1 fully saturated rings. The molecule has 0 bridgehead atoms. The molecule has 0 atom stereocenters. The van der Waals surface area contributed by atoms with E-state index >= 15 is 0 Å². The van der Waals surface area contributed by atoms with E-state index in [0.29, 0.717) is 0 Å². The van der Waals surface area contributed by atoms with Crippen LogP contribution in [0.15, 0.2) is 29.6 Å². The second kappa shape index (κ2) is 4.00. The van der Waals surface area contributed by atoms with Gasteiger partial charge in [0.1, 0.15) is 0 Å². The molecule has 1 aromatic carbocycles. The lowest BCUT2D eigenvalue weighted by Crippen LogP contribution is -2.44. The van der Waals surface area contributed by atoms with Gasteiger partial charge in [0, 0.05) is 0 Å². The Labute approximate surface area is 101 Å². The van der Waals surface area contributed by atoms with E-state index < -0.39 is 0 Å². The number of nitrogens with zero attached hydrogens (tertiary/aromatic N) is 4. The molecular weight excluding hydrogens is 216 g/mol. The SMILES string of the molecule is CN1CCC(N(N=O)N2c3ccccc32)CC1. The van der Waals surface area contributed by atoms with Crippen molar-refractivity contribution < 1.29 is 0 Å². The number of hydrogen-bond acceptors (Lipinski definition) is 4. The van der Waals surface area contributed by atoms with Crippen LogP contribution in [0.3, 0.4) is 0 Å². The highest BCUT2D eigenvalue weighted by molar-refractivity contribution is 5.91. The van der Waals surface area contributed by atoms with E-state index in [1.807, 2.05) is 29.3 Å². The van der Waals surface area contributed by atoms with Crippen molar-refractivity contribution in [3.05, 3.63) is 29.2 Å². The summed E-state index contributed by atoms with van der Waals surface area (Å²) in [6, 6.07) is 8.23. The first-order chi connectivity index (χ1) is 8.31. The molecule has 2 aliphatic rings. The molecule has 1 saturated heterocycles. The molecule has 0 unspecified atom stereocenters. The number of anilines is 2. The number of rotatable bonds is 3. The third kappa shape index (κ3) is 1.76. The summed E-state index contributed by atoms with van der Waals surface area (Å²) < 4.78 is 0. The van der Waals surface area contributed by atoms with E-state index in [4.69, 9.17) is 0 Å². The molecule has 1 aromatic rings. The smallest absolute Gasteiger partial charge is 0.0908 e. The fraction of sp³-hybridized carbons (Fsp3) is 0.500. The Morgan fingerprint density at radius 3 is 2.35 bits per heavy atom. The van der Waals surface area contributed by atoms with Gasteiger partial charge in [-0.3, -0.25) is 0 Å². The van der Waals surface area contributed by atoms with Gasteiger partial charge in [0.2, 0.25) is 0 Å². The van der Waals surface area contributed by atoms with Crippen molar-refractivity contribution in [2.45, 2.75) is 18.9 Å². The molecule has 2 aliphatic heterocycles. The van der Waals surface area contributed by atoms with E-state index in [0.717, 1.165) is 37.3 Å². The minimum Gasteiger partial charge on any atom is -0.306 e. The van der Waals surface area contributed by atoms with Crippen LogP contribution >= 0.6 is 0 Å². The van der Waals surface area contributed by atoms with Crippen molar-refractivity contribution in [1.82, 2.24) is 10.0 Å². The summed E-state index contributed by atoms with van der Waals surface area (Å²) >= 11 is 0. The number of nitroso groups, excluding NO2 is 1. The molecule has 3 rings (SSSR count). The zero-order chi connectivity index (χ0) is 11.8. The minimum absolute atomic E-state index is 0.232. The van der Waals surface area contributed by atoms with Crippen LogP contribution in [-0.2, 0) is 0 Å². The van der Waals surface area contributed by atoms with Crippen molar-refractivity contribution in [2.75, 3.05) is 25.1 Å². The standard InChI is InChI=1S/C12H16N4O/c1-14-8-6-10(7-9-14)16(13-17)15-11-4-2-3-5-12(11)15/h2-5,10H,6-9H2,1H3. The number of likely N-dealkylation sites (tertiary alicyclic amines) is 1. The summed E-state index contributed by atoms with van der Waals surface area (Å²) in [7, 11) is 2.11. The van der Waals surface area contributed by atoms with Gasteiger partial charge in [-0.05, 0) is 45.1 Å². The van der Waals surface area contributed by atoms with Gasteiger partial charge in [0.25, 0.3) is 0 Å². The number of fused-ring (bicyclic) bond motifs is 1. The van der Waals surface area contributed by atoms with Crippen molar-refractivity contribution >= 4 is 11.4 Å². The molecule has 0 amide bonds. The lowest BCUT2D eigenvalue weighted by Gasteiger charge is -2.34. The first kappa shape index (κ1) is 10.5. The summed E-state index contributed by atoms with van der Waals surface area (Å²) in [5.41, 5.74) is 2.21. The highest BCUT2D eigenvalue weighted by atomic mass is 16.3. The van der Waals surface area contributed by atoms with Gasteiger partial charge in [0.15, 0.2) is 0 Å². The highest BCUT2D eigenvalue weighted by Crippen LogP contribution is 2.49. The summed E-state index contributed by atoms with van der Waals surface area (Å²) in [6.07, 6.45) is 1.99. The predicted octanol–water partition coefficient (Wildman–Crippen LogP) is 2.13. The fourth-order valence-corrected chi connectivity index (χ4v) is 2.50. The quantitative estimate of drug-likeness (QED) is 0.454. The van der Waals surface area contributed by atoms with Gasteiger partial charge in [-0.15, -0.1) is 4.91 Å². The third-order valence-corrected chi connectivity index (χ3v) is 3.59. The van der Waals surface area contributed by atoms with Gasteiger partial charge >= 0.3 is 0 Å². The van der Waals surface area contributed by atoms with Gasteiger partial charge in [0.05, 0.1) is 22.7 Å². The van der Waals surface area contributed by atoms with E-state index in [1.54, 1.807) is 5.12 Å². The highest BCUT2D eigenvalue weighted by Gasteiger charge is 2.38. The maximum absolute atomic E-state index is 11.1. The van der Waals surface area contributed by atoms with Crippen LogP contribution in [-0.4, -0.2) is 36.2 Å². The van der Waals surface area contributed by atoms with Crippen LogP contribution in [0.4, 0.5) is 11.4 Å². The molecule has 0 N–H and O–H groups in total. The molecule has 5 nitrogen and oxygen atoms in total.